The average Bonchev–Trinajstić information content (AvgIpc) is 2.68. The fourth-order valence-electron chi connectivity index (χ4n) is 3.28. The summed E-state index contributed by atoms with van der Waals surface area (Å²) in [4.78, 5) is 0. The maximum atomic E-state index is 9.04. The van der Waals surface area contributed by atoms with Crippen molar-refractivity contribution in [3.8, 4) is 6.07 Å². The summed E-state index contributed by atoms with van der Waals surface area (Å²) in [7, 11) is -1.73. The monoisotopic (exact) mass is 408 g/mol. The standard InChI is InChI=1S/C22H21NP.BrH/c23-18-10-11-19-24(20-12-4-1-5-13-20,21-14-6-2-7-15-21)22-16-8-3-9-17-22;/h1-9,12-17H,10-11,19H2;1H/q+1;/p-1/i18-1;. The lowest BCUT2D eigenvalue weighted by Crippen LogP contribution is -3.00. The second-order valence-electron chi connectivity index (χ2n) is 5.80. The summed E-state index contributed by atoms with van der Waals surface area (Å²) < 4.78 is 0. The molecule has 0 amide bonds. The SMILES string of the molecule is N#[11C]CCC[P+](c1ccccc1)(c1ccccc1)c1ccccc1.[Br-]. The maximum Gasteiger partial charge on any atom is 0.112 e. The van der Waals surface area contributed by atoms with E-state index in [0.29, 0.717) is 6.42 Å². The Morgan fingerprint density at radius 2 is 1.00 bits per heavy atom. The van der Waals surface area contributed by atoms with Gasteiger partial charge in [-0.15, -0.1) is 0 Å². The molecule has 0 aromatic heterocycles. The second-order valence-corrected chi connectivity index (χ2v) is 9.42. The van der Waals surface area contributed by atoms with Gasteiger partial charge in [0.05, 0.1) is 12.2 Å². The van der Waals surface area contributed by atoms with Gasteiger partial charge in [0.25, 0.3) is 0 Å². The summed E-state index contributed by atoms with van der Waals surface area (Å²) in [6.07, 6.45) is 2.55. The van der Waals surface area contributed by atoms with Crippen molar-refractivity contribution in [2.45, 2.75) is 12.8 Å². The van der Waals surface area contributed by atoms with Crippen molar-refractivity contribution in [3.05, 3.63) is 91.0 Å². The van der Waals surface area contributed by atoms with E-state index in [0.717, 1.165) is 12.6 Å². The van der Waals surface area contributed by atoms with Crippen LogP contribution in [-0.4, -0.2) is 6.16 Å². The van der Waals surface area contributed by atoms with Crippen LogP contribution in [-0.2, 0) is 0 Å². The van der Waals surface area contributed by atoms with Gasteiger partial charge >= 0.3 is 0 Å². The van der Waals surface area contributed by atoms with E-state index in [-0.39, 0.29) is 17.0 Å². The van der Waals surface area contributed by atoms with Gasteiger partial charge in [-0.25, -0.2) is 0 Å². The lowest BCUT2D eigenvalue weighted by atomic mass is 10.1. The molecule has 3 heteroatoms. The van der Waals surface area contributed by atoms with E-state index in [1.807, 2.05) is 0 Å². The van der Waals surface area contributed by atoms with Crippen LogP contribution in [0.15, 0.2) is 91.0 Å². The Kier molecular flexibility index (Phi) is 7.38. The number of unbranched alkanes of at least 4 members (excludes halogenated alkanes) is 1. The van der Waals surface area contributed by atoms with Crippen LogP contribution < -0.4 is 32.9 Å². The van der Waals surface area contributed by atoms with Crippen molar-refractivity contribution in [1.82, 2.24) is 0 Å². The molecule has 0 fully saturated rings. The molecule has 0 atom stereocenters. The van der Waals surface area contributed by atoms with Crippen molar-refractivity contribution >= 4 is 23.2 Å². The van der Waals surface area contributed by atoms with Gasteiger partial charge < -0.3 is 17.0 Å². The Labute approximate surface area is 161 Å². The third-order valence-electron chi connectivity index (χ3n) is 4.37. The predicted octanol–water partition coefficient (Wildman–Crippen LogP) is 1.29. The molecule has 0 aliphatic rings. The average molecular weight is 409 g/mol. The van der Waals surface area contributed by atoms with E-state index in [1.54, 1.807) is 0 Å². The van der Waals surface area contributed by atoms with Gasteiger partial charge in [-0.3, -0.25) is 0 Å². The van der Waals surface area contributed by atoms with Gasteiger partial charge in [-0.2, -0.15) is 5.26 Å². The third-order valence-corrected chi connectivity index (χ3v) is 8.90. The van der Waals surface area contributed by atoms with Crippen molar-refractivity contribution in [1.29, 1.82) is 5.26 Å². The lowest BCUT2D eigenvalue weighted by Gasteiger charge is -2.27. The third kappa shape index (κ3) is 4.18. The molecule has 126 valence electrons. The molecule has 0 spiro atoms. The fraction of sp³-hybridized carbons (Fsp3) is 0.136. The van der Waals surface area contributed by atoms with E-state index in [9.17, 15) is 0 Å². The summed E-state index contributed by atoms with van der Waals surface area (Å²) >= 11 is 0. The van der Waals surface area contributed by atoms with E-state index in [1.165, 1.54) is 15.9 Å². The van der Waals surface area contributed by atoms with E-state index >= 15 is 0 Å². The minimum Gasteiger partial charge on any atom is -1.00 e. The molecule has 3 rings (SSSR count). The van der Waals surface area contributed by atoms with Crippen LogP contribution in [0.2, 0.25) is 0 Å². The minimum absolute atomic E-state index is 0. The first-order chi connectivity index (χ1) is 11.9. The van der Waals surface area contributed by atoms with Crippen LogP contribution in [0.5, 0.6) is 0 Å². The molecule has 0 saturated carbocycles. The lowest BCUT2D eigenvalue weighted by molar-refractivity contribution is -0.00000494. The van der Waals surface area contributed by atoms with Gasteiger partial charge in [-0.05, 0) is 42.8 Å². The molecule has 1 nitrogen and oxygen atoms in total. The molecule has 0 bridgehead atoms. The molecule has 0 aliphatic heterocycles. The molecule has 25 heavy (non-hydrogen) atoms. The van der Waals surface area contributed by atoms with Crippen LogP contribution in [0.4, 0.5) is 0 Å². The normalized spacial score (nSPS) is 10.5. The minimum atomic E-state index is -1.73. The summed E-state index contributed by atoms with van der Waals surface area (Å²) in [5, 5.41) is 13.2. The number of halogens is 1. The van der Waals surface area contributed by atoms with Crippen LogP contribution in [0, 0.1) is 11.3 Å². The molecule has 0 aliphatic carbocycles. The van der Waals surface area contributed by atoms with Gasteiger partial charge in [0.15, 0.2) is 0 Å². The number of hydrogen-bond donors (Lipinski definition) is 0. The zero-order valence-electron chi connectivity index (χ0n) is 14.1. The van der Waals surface area contributed by atoms with Crippen LogP contribution in [0.3, 0.4) is 0 Å². The topological polar surface area (TPSA) is 23.8 Å². The van der Waals surface area contributed by atoms with Gasteiger partial charge in [-0.1, -0.05) is 54.6 Å². The molecule has 0 heterocycles. The maximum absolute atomic E-state index is 9.04. The molecule has 3 aromatic carbocycles. The summed E-state index contributed by atoms with van der Waals surface area (Å²) in [6.45, 7) is 0. The van der Waals surface area contributed by atoms with Crippen LogP contribution in [0.1, 0.15) is 12.8 Å². The van der Waals surface area contributed by atoms with Crippen LogP contribution in [0.25, 0.3) is 0 Å². The highest BCUT2D eigenvalue weighted by Gasteiger charge is 2.44. The first kappa shape index (κ1) is 19.4. The van der Waals surface area contributed by atoms with Crippen LogP contribution >= 0.6 is 7.26 Å². The highest BCUT2D eigenvalue weighted by molar-refractivity contribution is 7.95. The molecular formula is C22H21BrNP. The summed E-state index contributed by atoms with van der Waals surface area (Å²) in [5.74, 6) is 0. The van der Waals surface area contributed by atoms with Crippen molar-refractivity contribution < 1.29 is 17.0 Å². The number of benzene rings is 3. The number of rotatable bonds is 6. The Morgan fingerprint density at radius 1 is 0.640 bits per heavy atom. The number of hydrogen-bond acceptors (Lipinski definition) is 1. The molecule has 0 unspecified atom stereocenters. The molecule has 0 saturated heterocycles. The van der Waals surface area contributed by atoms with Gasteiger partial charge in [0, 0.05) is 6.42 Å². The van der Waals surface area contributed by atoms with Crippen molar-refractivity contribution in [3.63, 3.8) is 0 Å². The largest absolute Gasteiger partial charge is 1.00 e. The quantitative estimate of drug-likeness (QED) is 0.445. The zero-order valence-corrected chi connectivity index (χ0v) is 16.5. The van der Waals surface area contributed by atoms with E-state index in [2.05, 4.69) is 97.1 Å². The first-order valence-corrected chi connectivity index (χ1v) is 10.3. The Balaban J connectivity index is 0.00000225. The highest BCUT2D eigenvalue weighted by atomic mass is 79.9. The van der Waals surface area contributed by atoms with Crippen molar-refractivity contribution in [2.24, 2.45) is 0 Å². The molecule has 0 radical (unpaired) electrons. The summed E-state index contributed by atoms with van der Waals surface area (Å²) in [6, 6.07) is 34.8. The van der Waals surface area contributed by atoms with E-state index in [4.69, 9.17) is 5.26 Å². The predicted molar refractivity (Wildman–Crippen MR) is 105 cm³/mol. The highest BCUT2D eigenvalue weighted by Crippen LogP contribution is 2.55. The smallest absolute Gasteiger partial charge is 0.112 e. The molecule has 3 aromatic rings. The van der Waals surface area contributed by atoms with Gasteiger partial charge in [0.1, 0.15) is 23.2 Å². The first-order valence-electron chi connectivity index (χ1n) is 8.30. The van der Waals surface area contributed by atoms with Crippen molar-refractivity contribution in [2.75, 3.05) is 6.16 Å². The second kappa shape index (κ2) is 9.52. The molecular weight excluding hydrogens is 388 g/mol. The Hall–Kier alpha value is -1.94. The fourth-order valence-corrected chi connectivity index (χ4v) is 7.62. The Bertz CT molecular complexity index is 701. The summed E-state index contributed by atoms with van der Waals surface area (Å²) in [5.41, 5.74) is 0. The Morgan fingerprint density at radius 3 is 1.32 bits per heavy atom. The zero-order chi connectivity index (χ0) is 16.7. The number of nitriles is 1. The van der Waals surface area contributed by atoms with Gasteiger partial charge in [0.2, 0.25) is 0 Å². The van der Waals surface area contributed by atoms with E-state index < -0.39 is 7.26 Å². The number of nitrogens with zero attached hydrogens (tertiary/aromatic N) is 1. The molecule has 0 N–H and O–H groups in total.